The topological polar surface area (TPSA) is 71.1 Å². The molecule has 1 aliphatic heterocycles. The maximum Gasteiger partial charge on any atom is 0.170 e. The molecule has 0 spiro atoms. The Labute approximate surface area is 107 Å². The van der Waals surface area contributed by atoms with Crippen LogP contribution in [0.25, 0.3) is 0 Å². The first-order chi connectivity index (χ1) is 8.74. The highest BCUT2D eigenvalue weighted by Gasteiger charge is 2.22. The van der Waals surface area contributed by atoms with E-state index in [0.29, 0.717) is 5.92 Å². The number of hydrogen-bond donors (Lipinski definition) is 2. The highest BCUT2D eigenvalue weighted by atomic mass is 16.5. The third-order valence-corrected chi connectivity index (χ3v) is 3.32. The number of oxime groups is 1. The summed E-state index contributed by atoms with van der Waals surface area (Å²) < 4.78 is 5.19. The van der Waals surface area contributed by atoms with Crippen LogP contribution in [0, 0.1) is 5.92 Å². The second-order valence-electron chi connectivity index (χ2n) is 4.59. The molecule has 1 heterocycles. The molecule has 1 fully saturated rings. The van der Waals surface area contributed by atoms with Crippen molar-refractivity contribution < 1.29 is 9.94 Å². The fraction of sp³-hybridized carbons (Fsp3) is 0.462. The van der Waals surface area contributed by atoms with E-state index in [1.54, 1.807) is 7.11 Å². The Kier molecular flexibility index (Phi) is 4.04. The molecule has 1 aliphatic rings. The van der Waals surface area contributed by atoms with E-state index in [-0.39, 0.29) is 5.84 Å². The average molecular weight is 249 g/mol. The molecule has 1 aromatic carbocycles. The van der Waals surface area contributed by atoms with Crippen molar-refractivity contribution in [1.82, 2.24) is 0 Å². The van der Waals surface area contributed by atoms with E-state index >= 15 is 0 Å². The molecule has 1 aromatic rings. The van der Waals surface area contributed by atoms with Gasteiger partial charge in [0.05, 0.1) is 6.61 Å². The molecule has 2 rings (SSSR count). The minimum absolute atomic E-state index is 0.139. The van der Waals surface area contributed by atoms with Gasteiger partial charge in [-0.15, -0.1) is 0 Å². The van der Waals surface area contributed by atoms with Crippen molar-refractivity contribution in [2.75, 3.05) is 31.7 Å². The van der Waals surface area contributed by atoms with E-state index in [4.69, 9.17) is 15.7 Å². The van der Waals surface area contributed by atoms with Crippen molar-refractivity contribution in [2.24, 2.45) is 16.8 Å². The zero-order valence-corrected chi connectivity index (χ0v) is 10.5. The summed E-state index contributed by atoms with van der Waals surface area (Å²) in [6, 6.07) is 7.74. The van der Waals surface area contributed by atoms with Crippen LogP contribution in [0.2, 0.25) is 0 Å². The molecule has 0 aliphatic carbocycles. The van der Waals surface area contributed by atoms with Crippen LogP contribution in [-0.2, 0) is 4.74 Å². The minimum atomic E-state index is 0.139. The first-order valence-corrected chi connectivity index (χ1v) is 6.06. The Balaban J connectivity index is 2.02. The van der Waals surface area contributed by atoms with Crippen LogP contribution in [0.4, 0.5) is 5.69 Å². The SMILES string of the molecule is COCC1CCN(c2ccc(C(N)=NO)cc2)C1. The maximum absolute atomic E-state index is 8.60. The molecule has 0 amide bonds. The number of nitrogens with zero attached hydrogens (tertiary/aromatic N) is 2. The number of ether oxygens (including phenoxy) is 1. The van der Waals surface area contributed by atoms with Gasteiger partial charge in [-0.1, -0.05) is 5.16 Å². The number of rotatable bonds is 4. The summed E-state index contributed by atoms with van der Waals surface area (Å²) in [5.74, 6) is 0.749. The van der Waals surface area contributed by atoms with Crippen molar-refractivity contribution in [3.8, 4) is 0 Å². The van der Waals surface area contributed by atoms with Gasteiger partial charge in [0.15, 0.2) is 5.84 Å². The molecule has 5 nitrogen and oxygen atoms in total. The van der Waals surface area contributed by atoms with Crippen LogP contribution in [0.5, 0.6) is 0 Å². The lowest BCUT2D eigenvalue weighted by Gasteiger charge is -2.18. The van der Waals surface area contributed by atoms with Gasteiger partial charge in [0, 0.05) is 37.4 Å². The average Bonchev–Trinajstić information content (AvgIpc) is 2.87. The second kappa shape index (κ2) is 5.73. The van der Waals surface area contributed by atoms with Crippen LogP contribution in [-0.4, -0.2) is 37.8 Å². The predicted molar refractivity (Wildman–Crippen MR) is 71.1 cm³/mol. The summed E-state index contributed by atoms with van der Waals surface area (Å²) in [5, 5.41) is 11.6. The lowest BCUT2D eigenvalue weighted by molar-refractivity contribution is 0.161. The van der Waals surface area contributed by atoms with E-state index in [0.717, 1.165) is 31.7 Å². The van der Waals surface area contributed by atoms with Crippen LogP contribution >= 0.6 is 0 Å². The van der Waals surface area contributed by atoms with E-state index in [1.807, 2.05) is 24.3 Å². The molecule has 1 unspecified atom stereocenters. The van der Waals surface area contributed by atoms with Gasteiger partial charge >= 0.3 is 0 Å². The molecular weight excluding hydrogens is 230 g/mol. The maximum atomic E-state index is 8.60. The third kappa shape index (κ3) is 2.73. The number of hydrogen-bond acceptors (Lipinski definition) is 4. The molecule has 0 aromatic heterocycles. The Hall–Kier alpha value is -1.75. The van der Waals surface area contributed by atoms with Crippen LogP contribution in [0.3, 0.4) is 0 Å². The summed E-state index contributed by atoms with van der Waals surface area (Å²) >= 11 is 0. The lowest BCUT2D eigenvalue weighted by Crippen LogP contribution is -2.21. The lowest BCUT2D eigenvalue weighted by atomic mass is 10.1. The molecule has 98 valence electrons. The monoisotopic (exact) mass is 249 g/mol. The fourth-order valence-electron chi connectivity index (χ4n) is 2.34. The van der Waals surface area contributed by atoms with E-state index in [2.05, 4.69) is 10.1 Å². The third-order valence-electron chi connectivity index (χ3n) is 3.32. The summed E-state index contributed by atoms with van der Waals surface area (Å²) in [6.45, 7) is 2.90. The molecule has 1 atom stereocenters. The van der Waals surface area contributed by atoms with E-state index < -0.39 is 0 Å². The Morgan fingerprint density at radius 2 is 2.22 bits per heavy atom. The number of anilines is 1. The van der Waals surface area contributed by atoms with Gasteiger partial charge in [0.25, 0.3) is 0 Å². The van der Waals surface area contributed by atoms with Gasteiger partial charge in [-0.3, -0.25) is 0 Å². The first-order valence-electron chi connectivity index (χ1n) is 6.06. The molecule has 0 radical (unpaired) electrons. The van der Waals surface area contributed by atoms with E-state index in [1.165, 1.54) is 5.69 Å². The second-order valence-corrected chi connectivity index (χ2v) is 4.59. The largest absolute Gasteiger partial charge is 0.409 e. The van der Waals surface area contributed by atoms with Gasteiger partial charge in [-0.25, -0.2) is 0 Å². The van der Waals surface area contributed by atoms with Gasteiger partial charge in [0.2, 0.25) is 0 Å². The van der Waals surface area contributed by atoms with Gasteiger partial charge in [-0.05, 0) is 30.7 Å². The van der Waals surface area contributed by atoms with Crippen LogP contribution in [0.1, 0.15) is 12.0 Å². The number of amidine groups is 1. The standard InChI is InChI=1S/C13H19N3O2/c1-18-9-10-6-7-16(8-10)12-4-2-11(3-5-12)13(14)15-17/h2-5,10,17H,6-9H2,1H3,(H2,14,15). The van der Waals surface area contributed by atoms with Crippen molar-refractivity contribution in [2.45, 2.75) is 6.42 Å². The summed E-state index contributed by atoms with van der Waals surface area (Å²) in [6.07, 6.45) is 1.16. The van der Waals surface area contributed by atoms with Gasteiger partial charge in [0.1, 0.15) is 0 Å². The van der Waals surface area contributed by atoms with Crippen LogP contribution < -0.4 is 10.6 Å². The van der Waals surface area contributed by atoms with Crippen molar-refractivity contribution in [1.29, 1.82) is 0 Å². The quantitative estimate of drug-likeness (QED) is 0.365. The molecule has 5 heteroatoms. The Bertz CT molecular complexity index is 417. The highest BCUT2D eigenvalue weighted by molar-refractivity contribution is 5.97. The smallest absolute Gasteiger partial charge is 0.170 e. The Morgan fingerprint density at radius 3 is 2.83 bits per heavy atom. The van der Waals surface area contributed by atoms with Crippen LogP contribution in [0.15, 0.2) is 29.4 Å². The molecule has 3 N–H and O–H groups in total. The Morgan fingerprint density at radius 1 is 1.50 bits per heavy atom. The first kappa shape index (κ1) is 12.7. The molecule has 0 saturated carbocycles. The minimum Gasteiger partial charge on any atom is -0.409 e. The van der Waals surface area contributed by atoms with Crippen molar-refractivity contribution in [3.63, 3.8) is 0 Å². The number of benzene rings is 1. The molecule has 0 bridgehead atoms. The van der Waals surface area contributed by atoms with Gasteiger partial charge in [-0.2, -0.15) is 0 Å². The summed E-state index contributed by atoms with van der Waals surface area (Å²) in [5.41, 5.74) is 7.43. The summed E-state index contributed by atoms with van der Waals surface area (Å²) in [7, 11) is 1.74. The zero-order chi connectivity index (χ0) is 13.0. The van der Waals surface area contributed by atoms with Gasteiger partial charge < -0.3 is 20.6 Å². The van der Waals surface area contributed by atoms with E-state index in [9.17, 15) is 0 Å². The molecule has 18 heavy (non-hydrogen) atoms. The number of nitrogens with two attached hydrogens (primary N) is 1. The van der Waals surface area contributed by atoms with Crippen molar-refractivity contribution in [3.05, 3.63) is 29.8 Å². The number of methoxy groups -OCH3 is 1. The normalized spacial score (nSPS) is 20.4. The fourth-order valence-corrected chi connectivity index (χ4v) is 2.34. The zero-order valence-electron chi connectivity index (χ0n) is 10.5. The molecule has 1 saturated heterocycles. The highest BCUT2D eigenvalue weighted by Crippen LogP contribution is 2.24. The summed E-state index contributed by atoms with van der Waals surface area (Å²) in [4.78, 5) is 2.33. The predicted octanol–water partition coefficient (Wildman–Crippen LogP) is 1.25. The molecular formula is C13H19N3O2. The van der Waals surface area contributed by atoms with Crippen molar-refractivity contribution >= 4 is 11.5 Å².